The average molecular weight is 229 g/mol. The second kappa shape index (κ2) is 4.42. The Bertz CT molecular complexity index is 523. The van der Waals surface area contributed by atoms with Gasteiger partial charge in [-0.15, -0.1) is 11.3 Å². The number of pyridine rings is 1. The van der Waals surface area contributed by atoms with Gasteiger partial charge in [-0.2, -0.15) is 5.26 Å². The van der Waals surface area contributed by atoms with Crippen molar-refractivity contribution in [3.05, 3.63) is 35.1 Å². The lowest BCUT2D eigenvalue weighted by Crippen LogP contribution is -1.90. The van der Waals surface area contributed by atoms with Crippen molar-refractivity contribution in [1.29, 1.82) is 5.26 Å². The standard InChI is InChI=1S/C12H11N3S/c1-8(2)11-10(6-13)16-12(15-11)9-4-3-5-14-7-9/h3-5,7-8H,1-2H3. The van der Waals surface area contributed by atoms with Crippen LogP contribution in [0.3, 0.4) is 0 Å². The predicted octanol–water partition coefficient (Wildman–Crippen LogP) is 3.20. The molecule has 2 heterocycles. The van der Waals surface area contributed by atoms with Gasteiger partial charge < -0.3 is 0 Å². The lowest BCUT2D eigenvalue weighted by Gasteiger charge is -1.98. The summed E-state index contributed by atoms with van der Waals surface area (Å²) >= 11 is 1.43. The lowest BCUT2D eigenvalue weighted by molar-refractivity contribution is 0.830. The van der Waals surface area contributed by atoms with Crippen LogP contribution in [0.1, 0.15) is 30.3 Å². The van der Waals surface area contributed by atoms with E-state index >= 15 is 0 Å². The lowest BCUT2D eigenvalue weighted by atomic mass is 10.1. The van der Waals surface area contributed by atoms with Crippen molar-refractivity contribution >= 4 is 11.3 Å². The molecule has 0 N–H and O–H groups in total. The third kappa shape index (κ3) is 1.95. The summed E-state index contributed by atoms with van der Waals surface area (Å²) < 4.78 is 0. The fourth-order valence-electron chi connectivity index (χ4n) is 1.42. The molecule has 0 aliphatic heterocycles. The highest BCUT2D eigenvalue weighted by Crippen LogP contribution is 2.30. The van der Waals surface area contributed by atoms with Crippen LogP contribution in [-0.4, -0.2) is 9.97 Å². The van der Waals surface area contributed by atoms with Gasteiger partial charge in [0, 0.05) is 18.0 Å². The van der Waals surface area contributed by atoms with Gasteiger partial charge in [-0.3, -0.25) is 4.98 Å². The summed E-state index contributed by atoms with van der Waals surface area (Å²) in [4.78, 5) is 9.26. The molecule has 0 unspecified atom stereocenters. The van der Waals surface area contributed by atoms with Gasteiger partial charge >= 0.3 is 0 Å². The second-order valence-electron chi connectivity index (χ2n) is 3.74. The van der Waals surface area contributed by atoms with Gasteiger partial charge in [-0.1, -0.05) is 13.8 Å². The molecule has 0 saturated heterocycles. The highest BCUT2D eigenvalue weighted by Gasteiger charge is 2.14. The maximum atomic E-state index is 9.03. The van der Waals surface area contributed by atoms with Crippen molar-refractivity contribution in [2.24, 2.45) is 0 Å². The molecule has 0 radical (unpaired) electrons. The molecule has 0 amide bonds. The molecule has 4 heteroatoms. The summed E-state index contributed by atoms with van der Waals surface area (Å²) in [7, 11) is 0. The third-order valence-corrected chi connectivity index (χ3v) is 3.24. The van der Waals surface area contributed by atoms with E-state index in [1.165, 1.54) is 11.3 Å². The summed E-state index contributed by atoms with van der Waals surface area (Å²) in [5, 5.41) is 9.90. The van der Waals surface area contributed by atoms with E-state index in [0.717, 1.165) is 16.3 Å². The fraction of sp³-hybridized carbons (Fsp3) is 0.250. The van der Waals surface area contributed by atoms with Crippen LogP contribution in [0.15, 0.2) is 24.5 Å². The molecule has 0 aromatic carbocycles. The number of hydrogen-bond donors (Lipinski definition) is 0. The largest absolute Gasteiger partial charge is 0.264 e. The monoisotopic (exact) mass is 229 g/mol. The molecule has 2 aromatic heterocycles. The Kier molecular flexibility index (Phi) is 2.97. The zero-order chi connectivity index (χ0) is 11.5. The van der Waals surface area contributed by atoms with E-state index in [1.54, 1.807) is 12.4 Å². The van der Waals surface area contributed by atoms with Crippen LogP contribution >= 0.6 is 11.3 Å². The number of aromatic nitrogens is 2. The second-order valence-corrected chi connectivity index (χ2v) is 4.74. The third-order valence-electron chi connectivity index (χ3n) is 2.21. The smallest absolute Gasteiger partial charge is 0.128 e. The molecule has 3 nitrogen and oxygen atoms in total. The van der Waals surface area contributed by atoms with Gasteiger partial charge in [0.15, 0.2) is 0 Å². The quantitative estimate of drug-likeness (QED) is 0.794. The molecule has 2 aromatic rings. The minimum Gasteiger partial charge on any atom is -0.264 e. The predicted molar refractivity (Wildman–Crippen MR) is 64.1 cm³/mol. The van der Waals surface area contributed by atoms with Crippen LogP contribution in [0.2, 0.25) is 0 Å². The summed E-state index contributed by atoms with van der Waals surface area (Å²) in [6.45, 7) is 4.09. The summed E-state index contributed by atoms with van der Waals surface area (Å²) in [5.41, 5.74) is 1.85. The van der Waals surface area contributed by atoms with Crippen molar-refractivity contribution in [2.45, 2.75) is 19.8 Å². The maximum Gasteiger partial charge on any atom is 0.128 e. The normalized spacial score (nSPS) is 10.4. The van der Waals surface area contributed by atoms with E-state index in [0.29, 0.717) is 4.88 Å². The SMILES string of the molecule is CC(C)c1nc(-c2cccnc2)sc1C#N. The number of nitrogens with zero attached hydrogens (tertiary/aromatic N) is 3. The molecule has 16 heavy (non-hydrogen) atoms. The molecule has 0 saturated carbocycles. The van der Waals surface area contributed by atoms with E-state index in [4.69, 9.17) is 5.26 Å². The topological polar surface area (TPSA) is 49.6 Å². The van der Waals surface area contributed by atoms with Crippen LogP contribution in [0.5, 0.6) is 0 Å². The minimum atomic E-state index is 0.274. The van der Waals surface area contributed by atoms with Crippen molar-refractivity contribution < 1.29 is 0 Å². The zero-order valence-corrected chi connectivity index (χ0v) is 9.95. The van der Waals surface area contributed by atoms with Gasteiger partial charge in [0.2, 0.25) is 0 Å². The van der Waals surface area contributed by atoms with Crippen molar-refractivity contribution in [1.82, 2.24) is 9.97 Å². The molecule has 80 valence electrons. The molecule has 0 fully saturated rings. The zero-order valence-electron chi connectivity index (χ0n) is 9.14. The fourth-order valence-corrected chi connectivity index (χ4v) is 2.42. The van der Waals surface area contributed by atoms with E-state index in [1.807, 2.05) is 26.0 Å². The first-order chi connectivity index (χ1) is 7.72. The van der Waals surface area contributed by atoms with E-state index in [-0.39, 0.29) is 5.92 Å². The molecule has 0 bridgehead atoms. The molecule has 0 atom stereocenters. The van der Waals surface area contributed by atoms with E-state index in [9.17, 15) is 0 Å². The Balaban J connectivity index is 2.49. The van der Waals surface area contributed by atoms with Crippen LogP contribution in [0, 0.1) is 11.3 Å². The first-order valence-electron chi connectivity index (χ1n) is 5.03. The number of rotatable bonds is 2. The molecular formula is C12H11N3S. The molecule has 0 aliphatic carbocycles. The van der Waals surface area contributed by atoms with Gasteiger partial charge in [0.25, 0.3) is 0 Å². The van der Waals surface area contributed by atoms with Crippen molar-refractivity contribution in [3.63, 3.8) is 0 Å². The molecular weight excluding hydrogens is 218 g/mol. The highest BCUT2D eigenvalue weighted by atomic mass is 32.1. The van der Waals surface area contributed by atoms with Crippen LogP contribution in [-0.2, 0) is 0 Å². The summed E-state index contributed by atoms with van der Waals surface area (Å²) in [5.74, 6) is 0.274. The molecule has 0 spiro atoms. The van der Waals surface area contributed by atoms with Crippen LogP contribution in [0.25, 0.3) is 10.6 Å². The van der Waals surface area contributed by atoms with Crippen molar-refractivity contribution in [2.75, 3.05) is 0 Å². The Morgan fingerprint density at radius 3 is 2.75 bits per heavy atom. The van der Waals surface area contributed by atoms with Gasteiger partial charge in [-0.25, -0.2) is 4.98 Å². The van der Waals surface area contributed by atoms with Gasteiger partial charge in [0.1, 0.15) is 16.0 Å². The number of thiazole rings is 1. The highest BCUT2D eigenvalue weighted by molar-refractivity contribution is 7.15. The van der Waals surface area contributed by atoms with Gasteiger partial charge in [0.05, 0.1) is 5.69 Å². The first kappa shape index (κ1) is 10.8. The van der Waals surface area contributed by atoms with Crippen molar-refractivity contribution in [3.8, 4) is 16.6 Å². The first-order valence-corrected chi connectivity index (χ1v) is 5.85. The maximum absolute atomic E-state index is 9.03. The number of hydrogen-bond acceptors (Lipinski definition) is 4. The van der Waals surface area contributed by atoms with E-state index in [2.05, 4.69) is 16.0 Å². The Labute approximate surface area is 98.4 Å². The van der Waals surface area contributed by atoms with Crippen LogP contribution in [0.4, 0.5) is 0 Å². The summed E-state index contributed by atoms with van der Waals surface area (Å²) in [6.07, 6.45) is 3.50. The Morgan fingerprint density at radius 2 is 2.25 bits per heavy atom. The number of nitriles is 1. The van der Waals surface area contributed by atoms with Crippen LogP contribution < -0.4 is 0 Å². The molecule has 0 aliphatic rings. The average Bonchev–Trinajstić information content (AvgIpc) is 2.74. The van der Waals surface area contributed by atoms with E-state index < -0.39 is 0 Å². The Morgan fingerprint density at radius 1 is 1.44 bits per heavy atom. The summed E-state index contributed by atoms with van der Waals surface area (Å²) in [6, 6.07) is 6.03. The molecule has 2 rings (SSSR count). The Hall–Kier alpha value is -1.73. The van der Waals surface area contributed by atoms with Gasteiger partial charge in [-0.05, 0) is 18.1 Å². The minimum absolute atomic E-state index is 0.274.